The first-order valence-electron chi connectivity index (χ1n) is 3.92. The van der Waals surface area contributed by atoms with Crippen molar-refractivity contribution in [3.63, 3.8) is 0 Å². The molecule has 80 valence electrons. The van der Waals surface area contributed by atoms with Crippen LogP contribution in [-0.4, -0.2) is 31.5 Å². The Morgan fingerprint density at radius 1 is 1.53 bits per heavy atom. The highest BCUT2D eigenvalue weighted by Gasteiger charge is 2.17. The van der Waals surface area contributed by atoms with Crippen LogP contribution in [0, 0.1) is 0 Å². The predicted molar refractivity (Wildman–Crippen MR) is 55.2 cm³/mol. The summed E-state index contributed by atoms with van der Waals surface area (Å²) in [4.78, 5) is 25.7. The quantitative estimate of drug-likeness (QED) is 0.616. The van der Waals surface area contributed by atoms with Gasteiger partial charge in [0.05, 0.1) is 14.2 Å². The number of halogens is 1. The first kappa shape index (κ1) is 11.6. The third kappa shape index (κ3) is 2.33. The minimum Gasteiger partial charge on any atom is -0.480 e. The maximum absolute atomic E-state index is 11.3. The molecule has 5 nitrogen and oxygen atoms in total. The predicted octanol–water partition coefficient (Wildman–Crippen LogP) is 1.45. The van der Waals surface area contributed by atoms with E-state index >= 15 is 0 Å². The summed E-state index contributed by atoms with van der Waals surface area (Å²) in [5.74, 6) is -0.510. The zero-order valence-corrected chi connectivity index (χ0v) is 9.70. The van der Waals surface area contributed by atoms with Gasteiger partial charge in [-0.15, -0.1) is 0 Å². The Morgan fingerprint density at radius 2 is 2.20 bits per heavy atom. The van der Waals surface area contributed by atoms with Crippen molar-refractivity contribution in [1.82, 2.24) is 4.98 Å². The average Bonchev–Trinajstić information content (AvgIpc) is 2.27. The second kappa shape index (κ2) is 4.88. The molecule has 0 unspecified atom stereocenters. The van der Waals surface area contributed by atoms with Gasteiger partial charge in [0.15, 0.2) is 6.29 Å². The van der Waals surface area contributed by atoms with Crippen molar-refractivity contribution in [1.29, 1.82) is 0 Å². The van der Waals surface area contributed by atoms with Crippen molar-refractivity contribution < 1.29 is 19.1 Å². The monoisotopic (exact) mass is 273 g/mol. The number of methoxy groups -OCH3 is 2. The van der Waals surface area contributed by atoms with E-state index in [9.17, 15) is 9.59 Å². The summed E-state index contributed by atoms with van der Waals surface area (Å²) in [5.41, 5.74) is 0.331. The van der Waals surface area contributed by atoms with Crippen LogP contribution in [-0.2, 0) is 4.74 Å². The van der Waals surface area contributed by atoms with E-state index in [1.165, 1.54) is 20.3 Å². The lowest BCUT2D eigenvalue weighted by Gasteiger charge is -2.07. The number of esters is 1. The number of carbonyl (C=O) groups is 2. The summed E-state index contributed by atoms with van der Waals surface area (Å²) in [6.07, 6.45) is 0.563. The van der Waals surface area contributed by atoms with Gasteiger partial charge in [-0.2, -0.15) is 0 Å². The Kier molecular flexibility index (Phi) is 3.79. The first-order valence-corrected chi connectivity index (χ1v) is 4.71. The molecule has 0 saturated heterocycles. The third-order valence-corrected chi connectivity index (χ3v) is 2.31. The second-order valence-electron chi connectivity index (χ2n) is 2.52. The van der Waals surface area contributed by atoms with Gasteiger partial charge < -0.3 is 9.47 Å². The molecule has 0 aliphatic rings. The van der Waals surface area contributed by atoms with Crippen LogP contribution in [0.25, 0.3) is 0 Å². The summed E-state index contributed by atoms with van der Waals surface area (Å²) in [6.45, 7) is 0. The van der Waals surface area contributed by atoms with E-state index in [4.69, 9.17) is 4.74 Å². The lowest BCUT2D eigenvalue weighted by Crippen LogP contribution is -2.07. The Labute approximate surface area is 94.5 Å². The maximum Gasteiger partial charge on any atom is 0.343 e. The van der Waals surface area contributed by atoms with Crippen LogP contribution in [0.5, 0.6) is 5.88 Å². The molecule has 6 heteroatoms. The number of nitrogens with zero attached hydrogens (tertiary/aromatic N) is 1. The number of pyridine rings is 1. The van der Waals surface area contributed by atoms with E-state index in [0.29, 0.717) is 10.8 Å². The normalized spacial score (nSPS) is 9.53. The lowest BCUT2D eigenvalue weighted by atomic mass is 10.2. The number of ether oxygens (including phenoxy) is 2. The van der Waals surface area contributed by atoms with Crippen LogP contribution in [0.3, 0.4) is 0 Å². The number of rotatable bonds is 3. The van der Waals surface area contributed by atoms with Crippen molar-refractivity contribution in [3.8, 4) is 5.88 Å². The van der Waals surface area contributed by atoms with Crippen molar-refractivity contribution in [2.24, 2.45) is 0 Å². The van der Waals surface area contributed by atoms with Crippen LogP contribution in [0.15, 0.2) is 10.5 Å². The third-order valence-electron chi connectivity index (χ3n) is 1.68. The van der Waals surface area contributed by atoms with Gasteiger partial charge in [0.2, 0.25) is 5.88 Å². The fourth-order valence-corrected chi connectivity index (χ4v) is 1.39. The summed E-state index contributed by atoms with van der Waals surface area (Å²) in [7, 11) is 2.61. The molecule has 0 bridgehead atoms. The largest absolute Gasteiger partial charge is 0.480 e. The molecular weight excluding hydrogens is 266 g/mol. The topological polar surface area (TPSA) is 65.5 Å². The molecule has 0 spiro atoms. The Balaban J connectivity index is 3.33. The zero-order chi connectivity index (χ0) is 11.4. The highest BCUT2D eigenvalue weighted by atomic mass is 79.9. The Bertz CT molecular complexity index is 405. The molecule has 0 atom stereocenters. The summed E-state index contributed by atoms with van der Waals surface area (Å²) in [5, 5.41) is 0. The molecule has 0 saturated carbocycles. The van der Waals surface area contributed by atoms with Gasteiger partial charge >= 0.3 is 5.97 Å². The molecule has 0 N–H and O–H groups in total. The number of hydrogen-bond donors (Lipinski definition) is 0. The molecule has 1 aromatic rings. The molecule has 0 amide bonds. The highest BCUT2D eigenvalue weighted by Crippen LogP contribution is 2.23. The highest BCUT2D eigenvalue weighted by molar-refractivity contribution is 9.10. The molecule has 0 radical (unpaired) electrons. The number of hydrogen-bond acceptors (Lipinski definition) is 5. The molecule has 0 aromatic carbocycles. The van der Waals surface area contributed by atoms with Gasteiger partial charge in [-0.25, -0.2) is 9.78 Å². The van der Waals surface area contributed by atoms with Gasteiger partial charge in [-0.05, 0) is 22.0 Å². The molecule has 0 aliphatic carbocycles. The second-order valence-corrected chi connectivity index (χ2v) is 3.38. The van der Waals surface area contributed by atoms with Gasteiger partial charge in [-0.3, -0.25) is 4.79 Å². The number of carbonyl (C=O) groups excluding carboxylic acids is 2. The minimum absolute atomic E-state index is 0.0622. The van der Waals surface area contributed by atoms with E-state index in [-0.39, 0.29) is 17.1 Å². The molecule has 0 fully saturated rings. The standard InChI is InChI=1S/C9H8BrNO4/c1-14-8-5(9(13)15-2)3-6(10)7(4-12)11-8/h3-4H,1-2H3. The smallest absolute Gasteiger partial charge is 0.343 e. The first-order chi connectivity index (χ1) is 7.13. The van der Waals surface area contributed by atoms with Crippen molar-refractivity contribution in [2.45, 2.75) is 0 Å². The van der Waals surface area contributed by atoms with Crippen LogP contribution in [0.2, 0.25) is 0 Å². The summed E-state index contributed by atoms with van der Waals surface area (Å²) < 4.78 is 9.83. The van der Waals surface area contributed by atoms with Gasteiger partial charge in [0.25, 0.3) is 0 Å². The van der Waals surface area contributed by atoms with E-state index < -0.39 is 5.97 Å². The number of aldehydes is 1. The van der Waals surface area contributed by atoms with E-state index in [2.05, 4.69) is 25.7 Å². The minimum atomic E-state index is -0.572. The van der Waals surface area contributed by atoms with Crippen LogP contribution in [0.4, 0.5) is 0 Å². The van der Waals surface area contributed by atoms with Crippen molar-refractivity contribution in [3.05, 3.63) is 21.8 Å². The van der Waals surface area contributed by atoms with Crippen molar-refractivity contribution in [2.75, 3.05) is 14.2 Å². The number of aromatic nitrogens is 1. The van der Waals surface area contributed by atoms with Gasteiger partial charge in [0.1, 0.15) is 11.3 Å². The van der Waals surface area contributed by atoms with Crippen molar-refractivity contribution >= 4 is 28.2 Å². The lowest BCUT2D eigenvalue weighted by molar-refractivity contribution is 0.0595. The van der Waals surface area contributed by atoms with E-state index in [1.807, 2.05) is 0 Å². The summed E-state index contributed by atoms with van der Waals surface area (Å²) in [6, 6.07) is 1.43. The SMILES string of the molecule is COC(=O)c1cc(Br)c(C=O)nc1OC. The molecule has 15 heavy (non-hydrogen) atoms. The molecule has 1 rings (SSSR count). The van der Waals surface area contributed by atoms with Gasteiger partial charge in [-0.1, -0.05) is 0 Å². The maximum atomic E-state index is 11.3. The summed E-state index contributed by atoms with van der Waals surface area (Å²) >= 11 is 3.11. The Morgan fingerprint density at radius 3 is 2.67 bits per heavy atom. The van der Waals surface area contributed by atoms with Crippen LogP contribution < -0.4 is 4.74 Å². The van der Waals surface area contributed by atoms with Gasteiger partial charge in [0, 0.05) is 4.47 Å². The van der Waals surface area contributed by atoms with Crippen LogP contribution >= 0.6 is 15.9 Å². The fraction of sp³-hybridized carbons (Fsp3) is 0.222. The van der Waals surface area contributed by atoms with E-state index in [0.717, 1.165) is 0 Å². The fourth-order valence-electron chi connectivity index (χ4n) is 0.980. The van der Waals surface area contributed by atoms with Crippen LogP contribution in [0.1, 0.15) is 20.8 Å². The molecule has 0 aliphatic heterocycles. The van der Waals surface area contributed by atoms with E-state index in [1.54, 1.807) is 0 Å². The zero-order valence-electron chi connectivity index (χ0n) is 8.11. The molecule has 1 heterocycles. The molecule has 1 aromatic heterocycles. The average molecular weight is 274 g/mol. The molecular formula is C9H8BrNO4. The Hall–Kier alpha value is -1.43.